The third kappa shape index (κ3) is 4.21. The van der Waals surface area contributed by atoms with Gasteiger partial charge in [0, 0.05) is 11.1 Å². The maximum Gasteiger partial charge on any atom is 0.200 e. The number of hydrogen-bond acceptors (Lipinski definition) is 0. The maximum atomic E-state index is 13.9. The minimum Gasteiger partial charge on any atom is -0.203 e. The second-order valence-corrected chi connectivity index (χ2v) is 5.12. The molecule has 0 saturated heterocycles. The fraction of sp³-hybridized carbons (Fsp3) is 0.0526. The van der Waals surface area contributed by atoms with Crippen LogP contribution in [-0.4, -0.2) is 0 Å². The smallest absolute Gasteiger partial charge is 0.200 e. The molecule has 0 atom stereocenters. The molecule has 0 N–H and O–H groups in total. The number of rotatable bonds is 4. The van der Waals surface area contributed by atoms with Crippen LogP contribution in [0.2, 0.25) is 0 Å². The molecule has 0 aliphatic heterocycles. The Bertz CT molecular complexity index is 845. The van der Waals surface area contributed by atoms with E-state index in [0.717, 1.165) is 29.8 Å². The summed E-state index contributed by atoms with van der Waals surface area (Å²) in [7, 11) is 0. The summed E-state index contributed by atoms with van der Waals surface area (Å²) in [6.07, 6.45) is 0. The predicted molar refractivity (Wildman–Crippen MR) is 85.1 cm³/mol. The zero-order chi connectivity index (χ0) is 18.6. The highest BCUT2D eigenvalue weighted by atomic mass is 19.2. The molecule has 2 aromatic carbocycles. The Kier molecular flexibility index (Phi) is 5.85. The lowest BCUT2D eigenvalue weighted by atomic mass is 10.1. The summed E-state index contributed by atoms with van der Waals surface area (Å²) >= 11 is 0. The van der Waals surface area contributed by atoms with Crippen molar-refractivity contribution in [3.05, 3.63) is 94.6 Å². The minimum absolute atomic E-state index is 0.362. The first-order valence-electron chi connectivity index (χ1n) is 7.12. The lowest BCUT2D eigenvalue weighted by Crippen LogP contribution is -1.91. The Morgan fingerprint density at radius 2 is 0.920 bits per heavy atom. The van der Waals surface area contributed by atoms with Crippen LogP contribution in [0, 0.1) is 6.92 Å². The van der Waals surface area contributed by atoms with E-state index in [9.17, 15) is 26.3 Å². The van der Waals surface area contributed by atoms with E-state index in [0.29, 0.717) is 0 Å². The van der Waals surface area contributed by atoms with E-state index in [1.165, 1.54) is 30.3 Å². The molecule has 0 bridgehead atoms. The molecule has 0 spiro atoms. The van der Waals surface area contributed by atoms with E-state index in [-0.39, 0.29) is 11.1 Å². The normalized spacial score (nSPS) is 14.5. The molecular weight excluding hydrogens is 342 g/mol. The lowest BCUT2D eigenvalue weighted by molar-refractivity contribution is 0.461. The van der Waals surface area contributed by atoms with Gasteiger partial charge in [0.15, 0.2) is 23.3 Å². The maximum absolute atomic E-state index is 13.9. The Hall–Kier alpha value is -2.76. The average Bonchev–Trinajstić information content (AvgIpc) is 2.65. The Morgan fingerprint density at radius 3 is 1.36 bits per heavy atom. The first-order chi connectivity index (χ1) is 11.8. The number of benzene rings is 2. The molecule has 25 heavy (non-hydrogen) atoms. The minimum atomic E-state index is -2.46. The number of hydrogen-bond donors (Lipinski definition) is 0. The second kappa shape index (κ2) is 7.88. The fourth-order valence-electron chi connectivity index (χ4n) is 1.92. The van der Waals surface area contributed by atoms with E-state index < -0.39 is 35.0 Å². The van der Waals surface area contributed by atoms with Crippen LogP contribution in [0.4, 0.5) is 26.3 Å². The zero-order valence-electron chi connectivity index (χ0n) is 13.0. The largest absolute Gasteiger partial charge is 0.203 e. The third-order valence-electron chi connectivity index (χ3n) is 3.30. The second-order valence-electron chi connectivity index (χ2n) is 5.12. The van der Waals surface area contributed by atoms with Crippen molar-refractivity contribution in [1.82, 2.24) is 0 Å². The Balaban J connectivity index is 2.46. The van der Waals surface area contributed by atoms with Gasteiger partial charge < -0.3 is 0 Å². The molecule has 0 fully saturated rings. The molecule has 0 aliphatic carbocycles. The first kappa shape index (κ1) is 18.6. The summed E-state index contributed by atoms with van der Waals surface area (Å²) < 4.78 is 82.6. The number of aryl methyl sites for hydroxylation is 1. The van der Waals surface area contributed by atoms with Gasteiger partial charge in [-0.05, 0) is 6.92 Å². The highest BCUT2D eigenvalue weighted by molar-refractivity contribution is 5.67. The van der Waals surface area contributed by atoms with Crippen LogP contribution in [0.1, 0.15) is 16.7 Å². The van der Waals surface area contributed by atoms with Crippen molar-refractivity contribution in [3.63, 3.8) is 0 Å². The van der Waals surface area contributed by atoms with Gasteiger partial charge in [0.05, 0.1) is 0 Å². The Morgan fingerprint density at radius 1 is 0.520 bits per heavy atom. The molecule has 6 heteroatoms. The van der Waals surface area contributed by atoms with Gasteiger partial charge in [0.1, 0.15) is 0 Å². The van der Waals surface area contributed by atoms with Crippen LogP contribution in [0.5, 0.6) is 0 Å². The molecule has 0 unspecified atom stereocenters. The molecule has 0 aliphatic rings. The van der Waals surface area contributed by atoms with Crippen molar-refractivity contribution in [2.75, 3.05) is 0 Å². The van der Waals surface area contributed by atoms with Gasteiger partial charge in [0.25, 0.3) is 0 Å². The Labute approximate surface area is 140 Å². The van der Waals surface area contributed by atoms with E-state index in [1.54, 1.807) is 6.92 Å². The summed E-state index contributed by atoms with van der Waals surface area (Å²) in [5.41, 5.74) is 0.00313. The van der Waals surface area contributed by atoms with Gasteiger partial charge >= 0.3 is 0 Å². The van der Waals surface area contributed by atoms with Gasteiger partial charge in [-0.15, -0.1) is 0 Å². The van der Waals surface area contributed by atoms with Crippen molar-refractivity contribution >= 4 is 11.7 Å². The summed E-state index contributed by atoms with van der Waals surface area (Å²) in [5, 5.41) is 0. The van der Waals surface area contributed by atoms with Gasteiger partial charge in [-0.2, -0.15) is 0 Å². The molecule has 0 amide bonds. The fourth-order valence-corrected chi connectivity index (χ4v) is 1.92. The molecule has 0 nitrogen and oxygen atoms in total. The topological polar surface area (TPSA) is 0 Å². The highest BCUT2D eigenvalue weighted by Gasteiger charge is 2.24. The van der Waals surface area contributed by atoms with Crippen molar-refractivity contribution in [2.24, 2.45) is 0 Å². The van der Waals surface area contributed by atoms with Crippen LogP contribution < -0.4 is 0 Å². The van der Waals surface area contributed by atoms with Crippen LogP contribution in [-0.2, 0) is 0 Å². The monoisotopic (exact) mass is 354 g/mol. The number of allylic oxidation sites excluding steroid dienone is 4. The van der Waals surface area contributed by atoms with Crippen molar-refractivity contribution < 1.29 is 26.3 Å². The third-order valence-corrected chi connectivity index (χ3v) is 3.30. The summed E-state index contributed by atoms with van der Waals surface area (Å²) in [4.78, 5) is 0. The molecule has 2 rings (SSSR count). The molecule has 0 saturated carbocycles. The number of halogens is 6. The van der Waals surface area contributed by atoms with Gasteiger partial charge in [-0.1, -0.05) is 60.2 Å². The summed E-state index contributed by atoms with van der Waals surface area (Å²) in [6, 6.07) is 11.6. The van der Waals surface area contributed by atoms with Crippen LogP contribution >= 0.6 is 0 Å². The van der Waals surface area contributed by atoms with Crippen LogP contribution in [0.3, 0.4) is 0 Å². The standard InChI is InChI=1S/C19H12F6/c1-11-7-9-13(10-8-11)15(21)17(23)19(25)18(24)16(22)14(20)12-5-3-2-4-6-12/h2-10H,1H3/b16-14+,17-15+,19-18+. The van der Waals surface area contributed by atoms with Gasteiger partial charge in [0.2, 0.25) is 11.7 Å². The van der Waals surface area contributed by atoms with Crippen molar-refractivity contribution in [2.45, 2.75) is 6.92 Å². The first-order valence-corrected chi connectivity index (χ1v) is 7.12. The summed E-state index contributed by atoms with van der Waals surface area (Å²) in [6.45, 7) is 1.69. The van der Waals surface area contributed by atoms with Gasteiger partial charge in [-0.25, -0.2) is 26.3 Å². The van der Waals surface area contributed by atoms with Crippen molar-refractivity contribution in [3.8, 4) is 0 Å². The highest BCUT2D eigenvalue weighted by Crippen LogP contribution is 2.35. The molecule has 0 radical (unpaired) electrons. The molecule has 130 valence electrons. The zero-order valence-corrected chi connectivity index (χ0v) is 13.0. The van der Waals surface area contributed by atoms with E-state index in [2.05, 4.69) is 0 Å². The van der Waals surface area contributed by atoms with Crippen molar-refractivity contribution in [1.29, 1.82) is 0 Å². The molecular formula is C19H12F6. The SMILES string of the molecule is Cc1ccc(/C(F)=C(F)/C(F)=C(F)/C(F)=C(\F)c2ccccc2)cc1. The summed E-state index contributed by atoms with van der Waals surface area (Å²) in [5.74, 6) is -12.9. The lowest BCUT2D eigenvalue weighted by Gasteiger charge is -2.03. The van der Waals surface area contributed by atoms with Gasteiger partial charge in [-0.3, -0.25) is 0 Å². The molecule has 0 aromatic heterocycles. The molecule has 2 aromatic rings. The van der Waals surface area contributed by atoms with E-state index in [1.807, 2.05) is 0 Å². The van der Waals surface area contributed by atoms with E-state index in [4.69, 9.17) is 0 Å². The quantitative estimate of drug-likeness (QED) is 0.407. The predicted octanol–water partition coefficient (Wildman–Crippen LogP) is 7.06. The van der Waals surface area contributed by atoms with Crippen LogP contribution in [0.15, 0.2) is 77.9 Å². The van der Waals surface area contributed by atoms with Crippen LogP contribution in [0.25, 0.3) is 11.7 Å². The molecule has 0 heterocycles. The average molecular weight is 354 g/mol. The van der Waals surface area contributed by atoms with E-state index >= 15 is 0 Å².